The van der Waals surface area contributed by atoms with Gasteiger partial charge < -0.3 is 14.6 Å². The normalized spacial score (nSPS) is 12.4. The van der Waals surface area contributed by atoms with E-state index in [4.69, 9.17) is 4.98 Å². The van der Waals surface area contributed by atoms with Gasteiger partial charge in [-0.1, -0.05) is 93.2 Å². The van der Waals surface area contributed by atoms with Crippen LogP contribution in [0.2, 0.25) is 0 Å². The van der Waals surface area contributed by atoms with Gasteiger partial charge in [-0.3, -0.25) is 4.79 Å². The van der Waals surface area contributed by atoms with Crippen molar-refractivity contribution in [3.05, 3.63) is 90.5 Å². The van der Waals surface area contributed by atoms with E-state index in [0.29, 0.717) is 18.1 Å². The molecule has 0 bridgehead atoms. The van der Waals surface area contributed by atoms with Crippen LogP contribution >= 0.6 is 11.8 Å². The molecule has 0 aliphatic carbocycles. The summed E-state index contributed by atoms with van der Waals surface area (Å²) in [6.07, 6.45) is 2.01. The lowest BCUT2D eigenvalue weighted by Gasteiger charge is -2.29. The molecular weight excluding hydrogens is 494 g/mol. The van der Waals surface area contributed by atoms with Crippen molar-refractivity contribution in [1.82, 2.24) is 9.55 Å². The van der Waals surface area contributed by atoms with Gasteiger partial charge >= 0.3 is 5.97 Å². The van der Waals surface area contributed by atoms with Gasteiger partial charge in [-0.2, -0.15) is 0 Å². The van der Waals surface area contributed by atoms with Gasteiger partial charge in [0.1, 0.15) is 6.04 Å². The molecule has 6 nitrogen and oxygen atoms in total. The van der Waals surface area contributed by atoms with Gasteiger partial charge in [0.25, 0.3) is 0 Å². The number of rotatable bonds is 11. The number of hydrogen-bond donors (Lipinski definition) is 1. The smallest absolute Gasteiger partial charge is 0.327 e. The first kappa shape index (κ1) is 27.5. The topological polar surface area (TPSA) is 75.4 Å². The summed E-state index contributed by atoms with van der Waals surface area (Å²) < 4.78 is 1.87. The largest absolute Gasteiger partial charge is 0.480 e. The predicted molar refractivity (Wildman–Crippen MR) is 155 cm³/mol. The highest BCUT2D eigenvalue weighted by Crippen LogP contribution is 2.37. The zero-order valence-electron chi connectivity index (χ0n) is 22.2. The number of thioether (sulfide) groups is 1. The number of fused-ring (bicyclic) bond motifs is 1. The lowest BCUT2D eigenvalue weighted by Crippen LogP contribution is -2.32. The number of carboxylic acid groups (broad SMARTS) is 1. The fourth-order valence-electron chi connectivity index (χ4n) is 4.62. The van der Waals surface area contributed by atoms with Crippen LogP contribution in [-0.2, 0) is 16.1 Å². The van der Waals surface area contributed by atoms with E-state index in [-0.39, 0.29) is 5.91 Å². The van der Waals surface area contributed by atoms with Crippen LogP contribution in [0.25, 0.3) is 11.0 Å². The Hall–Kier alpha value is -3.58. The number of carbonyl (C=O) groups is 2. The maximum atomic E-state index is 13.3. The fourth-order valence-corrected chi connectivity index (χ4v) is 5.65. The third-order valence-corrected chi connectivity index (χ3v) is 7.48. The zero-order valence-corrected chi connectivity index (χ0v) is 23.0. The molecule has 38 heavy (non-hydrogen) atoms. The number of amides is 1. The molecule has 1 N–H and O–H groups in total. The summed E-state index contributed by atoms with van der Waals surface area (Å²) in [7, 11) is 0. The molecule has 0 radical (unpaired) electrons. The monoisotopic (exact) mass is 529 g/mol. The number of hydrogen-bond acceptors (Lipinski definition) is 4. The quantitative estimate of drug-likeness (QED) is 0.164. The average Bonchev–Trinajstić information content (AvgIpc) is 3.24. The molecule has 4 aromatic rings. The van der Waals surface area contributed by atoms with E-state index in [1.807, 2.05) is 115 Å². The molecule has 7 heteroatoms. The second kappa shape index (κ2) is 12.3. The van der Waals surface area contributed by atoms with E-state index >= 15 is 0 Å². The van der Waals surface area contributed by atoms with Crippen LogP contribution in [0.1, 0.15) is 51.6 Å². The predicted octanol–water partition coefficient (Wildman–Crippen LogP) is 7.20. The number of carbonyl (C=O) groups excluding carboxylic acids is 1. The lowest BCUT2D eigenvalue weighted by molar-refractivity contribution is -0.144. The minimum absolute atomic E-state index is 0.0935. The third kappa shape index (κ3) is 6.64. The zero-order chi connectivity index (χ0) is 27.1. The summed E-state index contributed by atoms with van der Waals surface area (Å²) in [4.78, 5) is 32.2. The van der Waals surface area contributed by atoms with Gasteiger partial charge in [0.05, 0.1) is 17.6 Å². The van der Waals surface area contributed by atoms with Crippen molar-refractivity contribution in [3.8, 4) is 0 Å². The van der Waals surface area contributed by atoms with Crippen molar-refractivity contribution >= 4 is 40.4 Å². The summed E-state index contributed by atoms with van der Waals surface area (Å²) in [5, 5.41) is 10.8. The van der Waals surface area contributed by atoms with Crippen LogP contribution < -0.4 is 4.90 Å². The number of nitrogens with zero attached hydrogens (tertiary/aromatic N) is 3. The number of anilines is 1. The maximum absolute atomic E-state index is 13.3. The van der Waals surface area contributed by atoms with E-state index in [9.17, 15) is 14.7 Å². The van der Waals surface area contributed by atoms with Crippen LogP contribution in [0.15, 0.2) is 90.1 Å². The first-order valence-electron chi connectivity index (χ1n) is 13.0. The number of unbranched alkanes of at least 4 members (excludes halogenated alkanes) is 1. The van der Waals surface area contributed by atoms with Crippen molar-refractivity contribution in [2.24, 2.45) is 5.41 Å². The van der Waals surface area contributed by atoms with Gasteiger partial charge in [-0.25, -0.2) is 9.78 Å². The summed E-state index contributed by atoms with van der Waals surface area (Å²) in [5.41, 5.74) is 3.11. The molecule has 1 atom stereocenters. The van der Waals surface area contributed by atoms with Crippen molar-refractivity contribution < 1.29 is 14.7 Å². The molecule has 0 spiro atoms. The lowest BCUT2D eigenvalue weighted by atomic mass is 9.86. The van der Waals surface area contributed by atoms with E-state index in [0.717, 1.165) is 40.9 Å². The standard InChI is InChI=1S/C31H35N3O3S/c1-31(2,3)28(29(36)37)34-26-19-11-10-18-25(26)32-30(34)38-21-13-12-20-27(35)33(24-16-8-5-9-17-24)22-23-14-6-4-7-15-23/h4-11,14-19,28H,12-13,20-22H2,1-3H3,(H,36,37). The van der Waals surface area contributed by atoms with Crippen LogP contribution in [0.3, 0.4) is 0 Å². The number of aromatic nitrogens is 2. The second-order valence-corrected chi connectivity index (χ2v) is 11.5. The molecule has 3 aromatic carbocycles. The summed E-state index contributed by atoms with van der Waals surface area (Å²) in [5.74, 6) is -0.0274. The Morgan fingerprint density at radius 3 is 2.21 bits per heavy atom. The first-order chi connectivity index (χ1) is 18.3. The molecule has 0 saturated heterocycles. The van der Waals surface area contributed by atoms with Gasteiger partial charge in [0.2, 0.25) is 5.91 Å². The van der Waals surface area contributed by atoms with E-state index in [2.05, 4.69) is 0 Å². The van der Waals surface area contributed by atoms with E-state index < -0.39 is 17.4 Å². The summed E-state index contributed by atoms with van der Waals surface area (Å²) in [6, 6.07) is 26.7. The fraction of sp³-hybridized carbons (Fsp3) is 0.323. The van der Waals surface area contributed by atoms with Gasteiger partial charge in [0.15, 0.2) is 5.16 Å². The molecule has 198 valence electrons. The Morgan fingerprint density at radius 2 is 1.55 bits per heavy atom. The average molecular weight is 530 g/mol. The van der Waals surface area contributed by atoms with Crippen LogP contribution in [0.5, 0.6) is 0 Å². The number of carboxylic acids is 1. The minimum Gasteiger partial charge on any atom is -0.480 e. The molecule has 4 rings (SSSR count). The molecule has 1 aromatic heterocycles. The summed E-state index contributed by atoms with van der Waals surface area (Å²) in [6.45, 7) is 6.35. The molecule has 1 heterocycles. The Bertz CT molecular complexity index is 1360. The molecule has 1 unspecified atom stereocenters. The van der Waals surface area contributed by atoms with Crippen molar-refractivity contribution in [2.45, 2.75) is 57.8 Å². The maximum Gasteiger partial charge on any atom is 0.327 e. The Morgan fingerprint density at radius 1 is 0.921 bits per heavy atom. The van der Waals surface area contributed by atoms with Crippen LogP contribution in [0.4, 0.5) is 5.69 Å². The molecule has 0 fully saturated rings. The second-order valence-electron chi connectivity index (χ2n) is 10.5. The molecule has 0 aliphatic rings. The number of para-hydroxylation sites is 3. The van der Waals surface area contributed by atoms with Crippen LogP contribution in [-0.4, -0.2) is 32.3 Å². The Balaban J connectivity index is 1.42. The molecule has 0 aliphatic heterocycles. The molecule has 1 amide bonds. The highest BCUT2D eigenvalue weighted by molar-refractivity contribution is 7.99. The number of aliphatic carboxylic acids is 1. The number of imidazole rings is 1. The Labute approximate surface area is 228 Å². The van der Waals surface area contributed by atoms with E-state index in [1.165, 1.54) is 0 Å². The van der Waals surface area contributed by atoms with Gasteiger partial charge in [-0.05, 0) is 48.1 Å². The van der Waals surface area contributed by atoms with Crippen molar-refractivity contribution in [2.75, 3.05) is 10.7 Å². The van der Waals surface area contributed by atoms with E-state index in [1.54, 1.807) is 11.8 Å². The summed E-state index contributed by atoms with van der Waals surface area (Å²) >= 11 is 1.56. The SMILES string of the molecule is CC(C)(C)C(C(=O)O)n1c(SCCCCC(=O)N(Cc2ccccc2)c2ccccc2)nc2ccccc21. The van der Waals surface area contributed by atoms with Crippen LogP contribution in [0, 0.1) is 5.41 Å². The van der Waals surface area contributed by atoms with Gasteiger partial charge in [0, 0.05) is 17.9 Å². The highest BCUT2D eigenvalue weighted by atomic mass is 32.2. The van der Waals surface area contributed by atoms with Crippen molar-refractivity contribution in [1.29, 1.82) is 0 Å². The van der Waals surface area contributed by atoms with Crippen molar-refractivity contribution in [3.63, 3.8) is 0 Å². The highest BCUT2D eigenvalue weighted by Gasteiger charge is 2.35. The first-order valence-corrected chi connectivity index (χ1v) is 14.0. The van der Waals surface area contributed by atoms with Gasteiger partial charge in [-0.15, -0.1) is 0 Å². The number of benzene rings is 3. The minimum atomic E-state index is -0.868. The molecular formula is C31H35N3O3S. The molecule has 0 saturated carbocycles. The third-order valence-electron chi connectivity index (χ3n) is 6.44. The Kier molecular flexibility index (Phi) is 8.89.